The van der Waals surface area contributed by atoms with E-state index in [4.69, 9.17) is 28.4 Å². The number of hydrogen-bond donors (Lipinski definition) is 0. The highest BCUT2D eigenvalue weighted by Crippen LogP contribution is 2.50. The Morgan fingerprint density at radius 3 is 2.37 bits per heavy atom. The molecule has 30 heavy (non-hydrogen) atoms. The van der Waals surface area contributed by atoms with Crippen LogP contribution in [0.15, 0.2) is 30.3 Å². The van der Waals surface area contributed by atoms with Gasteiger partial charge in [-0.25, -0.2) is 0 Å². The number of methoxy groups -OCH3 is 2. The van der Waals surface area contributed by atoms with Gasteiger partial charge in [-0.15, -0.1) is 0 Å². The number of ether oxygens (including phenoxy) is 6. The van der Waals surface area contributed by atoms with Crippen LogP contribution in [0.2, 0.25) is 0 Å². The summed E-state index contributed by atoms with van der Waals surface area (Å²) < 4.78 is 34.4. The van der Waals surface area contributed by atoms with Crippen molar-refractivity contribution in [3.8, 4) is 28.7 Å². The maximum atomic E-state index is 6.54. The van der Waals surface area contributed by atoms with Gasteiger partial charge in [-0.05, 0) is 23.8 Å². The van der Waals surface area contributed by atoms with Gasteiger partial charge >= 0.3 is 0 Å². The van der Waals surface area contributed by atoms with Crippen molar-refractivity contribution in [3.63, 3.8) is 0 Å². The van der Waals surface area contributed by atoms with E-state index in [9.17, 15) is 0 Å². The zero-order valence-electron chi connectivity index (χ0n) is 17.6. The number of fused-ring (bicyclic) bond motifs is 2. The van der Waals surface area contributed by atoms with Crippen molar-refractivity contribution in [1.82, 2.24) is 4.90 Å². The highest BCUT2D eigenvalue weighted by molar-refractivity contribution is 5.57. The van der Waals surface area contributed by atoms with E-state index in [-0.39, 0.29) is 24.9 Å². The summed E-state index contributed by atoms with van der Waals surface area (Å²) in [6.45, 7) is 5.64. The fourth-order valence-corrected chi connectivity index (χ4v) is 4.74. The van der Waals surface area contributed by atoms with Gasteiger partial charge < -0.3 is 28.4 Å². The van der Waals surface area contributed by atoms with Crippen molar-refractivity contribution in [1.29, 1.82) is 0 Å². The van der Waals surface area contributed by atoms with Crippen molar-refractivity contribution in [2.75, 3.05) is 47.3 Å². The minimum absolute atomic E-state index is 0.0557. The lowest BCUT2D eigenvalue weighted by molar-refractivity contribution is -0.0784. The summed E-state index contributed by atoms with van der Waals surface area (Å²) >= 11 is 0. The minimum Gasteiger partial charge on any atom is -0.493 e. The van der Waals surface area contributed by atoms with Crippen LogP contribution in [0.25, 0.3) is 0 Å². The van der Waals surface area contributed by atoms with E-state index < -0.39 is 0 Å². The standard InChI is InChI=1S/C23H27NO6/c1-14-22(15-4-5-17(25-2)19(10-15)26-3)16-11-20-21(29-13-28-20)12-18(16)30-23(14)24-6-8-27-9-7-24/h4-5,10-12,14,22-23H,6-9,13H2,1-3H3/t14-,22+,23-/m1/s1. The predicted octanol–water partition coefficient (Wildman–Crippen LogP) is 3.25. The Hall–Kier alpha value is -2.64. The summed E-state index contributed by atoms with van der Waals surface area (Å²) in [5.74, 6) is 4.09. The molecule has 2 aromatic carbocycles. The normalized spacial score (nSPS) is 25.4. The molecule has 7 heteroatoms. The molecule has 3 heterocycles. The molecule has 0 saturated carbocycles. The maximum Gasteiger partial charge on any atom is 0.231 e. The third kappa shape index (κ3) is 3.22. The molecule has 3 aliphatic heterocycles. The monoisotopic (exact) mass is 413 g/mol. The Labute approximate surface area is 176 Å². The minimum atomic E-state index is -0.0557. The molecular weight excluding hydrogens is 386 g/mol. The molecule has 0 aliphatic carbocycles. The molecule has 1 fully saturated rings. The van der Waals surface area contributed by atoms with Crippen LogP contribution >= 0.6 is 0 Å². The van der Waals surface area contributed by atoms with Crippen LogP contribution in [0.1, 0.15) is 24.0 Å². The molecule has 0 N–H and O–H groups in total. The lowest BCUT2D eigenvalue weighted by atomic mass is 9.78. The molecular formula is C23H27NO6. The first-order chi connectivity index (χ1) is 14.7. The van der Waals surface area contributed by atoms with Gasteiger partial charge in [0.2, 0.25) is 6.79 Å². The van der Waals surface area contributed by atoms with Crippen molar-refractivity contribution in [2.45, 2.75) is 19.1 Å². The number of morpholine rings is 1. The van der Waals surface area contributed by atoms with Crippen LogP contribution in [0, 0.1) is 5.92 Å². The zero-order chi connectivity index (χ0) is 20.7. The molecule has 0 amide bonds. The van der Waals surface area contributed by atoms with Crippen LogP contribution < -0.4 is 23.7 Å². The quantitative estimate of drug-likeness (QED) is 0.763. The van der Waals surface area contributed by atoms with Crippen LogP contribution in [0.4, 0.5) is 0 Å². The van der Waals surface area contributed by atoms with E-state index in [1.54, 1.807) is 14.2 Å². The Kier molecular flexibility index (Phi) is 5.08. The maximum absolute atomic E-state index is 6.54. The van der Waals surface area contributed by atoms with Gasteiger partial charge in [0.25, 0.3) is 0 Å². The highest BCUT2D eigenvalue weighted by atomic mass is 16.7. The van der Waals surface area contributed by atoms with Crippen molar-refractivity contribution in [2.24, 2.45) is 5.92 Å². The van der Waals surface area contributed by atoms with Crippen molar-refractivity contribution >= 4 is 0 Å². The molecule has 3 aliphatic rings. The number of hydrogen-bond acceptors (Lipinski definition) is 7. The van der Waals surface area contributed by atoms with E-state index in [1.807, 2.05) is 12.1 Å². The number of benzene rings is 2. The largest absolute Gasteiger partial charge is 0.493 e. The molecule has 5 rings (SSSR count). The Morgan fingerprint density at radius 2 is 1.63 bits per heavy atom. The van der Waals surface area contributed by atoms with Crippen LogP contribution in [-0.2, 0) is 4.74 Å². The van der Waals surface area contributed by atoms with E-state index in [0.717, 1.165) is 66.2 Å². The zero-order valence-corrected chi connectivity index (χ0v) is 17.6. The summed E-state index contributed by atoms with van der Waals surface area (Å²) in [5, 5.41) is 0. The molecule has 7 nitrogen and oxygen atoms in total. The molecule has 1 saturated heterocycles. The first-order valence-electron chi connectivity index (χ1n) is 10.3. The predicted molar refractivity (Wildman–Crippen MR) is 110 cm³/mol. The van der Waals surface area contributed by atoms with Crippen LogP contribution in [-0.4, -0.2) is 58.4 Å². The van der Waals surface area contributed by atoms with Gasteiger partial charge in [0.05, 0.1) is 27.4 Å². The summed E-state index contributed by atoms with van der Waals surface area (Å²) in [5.41, 5.74) is 2.25. The molecule has 160 valence electrons. The molecule has 0 aromatic heterocycles. The third-order valence-electron chi connectivity index (χ3n) is 6.24. The first-order valence-corrected chi connectivity index (χ1v) is 10.3. The summed E-state index contributed by atoms with van der Waals surface area (Å²) in [6.07, 6.45) is -0.0557. The average molecular weight is 413 g/mol. The smallest absolute Gasteiger partial charge is 0.231 e. The second kappa shape index (κ2) is 7.89. The number of rotatable bonds is 4. The van der Waals surface area contributed by atoms with Gasteiger partial charge in [-0.1, -0.05) is 13.0 Å². The lowest BCUT2D eigenvalue weighted by Crippen LogP contribution is -2.52. The summed E-state index contributed by atoms with van der Waals surface area (Å²) in [7, 11) is 3.32. The molecule has 0 bridgehead atoms. The van der Waals surface area contributed by atoms with E-state index in [2.05, 4.69) is 30.0 Å². The van der Waals surface area contributed by atoms with Gasteiger partial charge in [-0.2, -0.15) is 0 Å². The molecule has 2 aromatic rings. The molecule has 0 radical (unpaired) electrons. The molecule has 0 unspecified atom stereocenters. The van der Waals surface area contributed by atoms with Gasteiger partial charge in [0.15, 0.2) is 29.2 Å². The lowest BCUT2D eigenvalue weighted by Gasteiger charge is -2.44. The van der Waals surface area contributed by atoms with E-state index in [0.29, 0.717) is 0 Å². The second-order valence-corrected chi connectivity index (χ2v) is 7.85. The van der Waals surface area contributed by atoms with Crippen molar-refractivity contribution in [3.05, 3.63) is 41.5 Å². The average Bonchev–Trinajstić information content (AvgIpc) is 3.25. The molecule has 3 atom stereocenters. The Bertz CT molecular complexity index is 926. The fraction of sp³-hybridized carbons (Fsp3) is 0.478. The summed E-state index contributed by atoms with van der Waals surface area (Å²) in [6, 6.07) is 10.2. The van der Waals surface area contributed by atoms with Gasteiger partial charge in [-0.3, -0.25) is 4.90 Å². The third-order valence-corrected chi connectivity index (χ3v) is 6.24. The van der Waals surface area contributed by atoms with Crippen LogP contribution in [0.5, 0.6) is 28.7 Å². The van der Waals surface area contributed by atoms with Gasteiger partial charge in [0, 0.05) is 36.6 Å². The first kappa shape index (κ1) is 19.3. The number of nitrogens with zero attached hydrogens (tertiary/aromatic N) is 1. The summed E-state index contributed by atoms with van der Waals surface area (Å²) in [4.78, 5) is 2.37. The fourth-order valence-electron chi connectivity index (χ4n) is 4.74. The SMILES string of the molecule is COc1ccc([C@H]2c3cc4c(cc3O[C@@H](N3CCOCC3)[C@@H]2C)OCO4)cc1OC. The van der Waals surface area contributed by atoms with E-state index in [1.165, 1.54) is 0 Å². The topological polar surface area (TPSA) is 58.6 Å². The highest BCUT2D eigenvalue weighted by Gasteiger charge is 2.41. The van der Waals surface area contributed by atoms with Crippen molar-refractivity contribution < 1.29 is 28.4 Å². The molecule has 0 spiro atoms. The Balaban J connectivity index is 1.60. The van der Waals surface area contributed by atoms with E-state index >= 15 is 0 Å². The second-order valence-electron chi connectivity index (χ2n) is 7.85. The van der Waals surface area contributed by atoms with Gasteiger partial charge in [0.1, 0.15) is 5.75 Å². The van der Waals surface area contributed by atoms with Crippen LogP contribution in [0.3, 0.4) is 0 Å². The Morgan fingerprint density at radius 1 is 0.900 bits per heavy atom.